The zero-order chi connectivity index (χ0) is 12.2. The number of rotatable bonds is 5. The molecule has 2 N–H and O–H groups in total. The van der Waals surface area contributed by atoms with Crippen molar-refractivity contribution in [2.75, 3.05) is 19.6 Å². The first-order valence-electron chi connectivity index (χ1n) is 6.27. The van der Waals surface area contributed by atoms with Crippen LogP contribution in [0.2, 0.25) is 0 Å². The first-order valence-corrected chi connectivity index (χ1v) is 6.27. The van der Waals surface area contributed by atoms with E-state index in [2.05, 4.69) is 24.8 Å². The van der Waals surface area contributed by atoms with Gasteiger partial charge in [0, 0.05) is 6.54 Å². The zero-order valence-corrected chi connectivity index (χ0v) is 10.9. The van der Waals surface area contributed by atoms with Crippen LogP contribution in [0.5, 0.6) is 0 Å². The summed E-state index contributed by atoms with van der Waals surface area (Å²) in [6.45, 7) is 10.1. The molecule has 1 unspecified atom stereocenters. The first kappa shape index (κ1) is 13.5. The Hall–Kier alpha value is -0.590. The highest BCUT2D eigenvalue weighted by Crippen LogP contribution is 2.28. The second kappa shape index (κ2) is 5.16. The Bertz CT molecular complexity index is 263. The molecule has 0 aromatic heterocycles. The molecule has 1 saturated heterocycles. The molecule has 92 valence electrons. The average Bonchev–Trinajstić information content (AvgIpc) is 2.53. The lowest BCUT2D eigenvalue weighted by molar-refractivity contribution is 0.282. The number of nitrogens with two attached hydrogens (primary N) is 1. The van der Waals surface area contributed by atoms with E-state index in [0.717, 1.165) is 25.8 Å². The van der Waals surface area contributed by atoms with Crippen molar-refractivity contribution in [2.45, 2.75) is 52.0 Å². The summed E-state index contributed by atoms with van der Waals surface area (Å²) in [4.78, 5) is 2.53. The van der Waals surface area contributed by atoms with Crippen LogP contribution in [-0.4, -0.2) is 30.1 Å². The van der Waals surface area contributed by atoms with Crippen LogP contribution in [0.4, 0.5) is 0 Å². The van der Waals surface area contributed by atoms with Gasteiger partial charge in [-0.15, -0.1) is 0 Å². The van der Waals surface area contributed by atoms with E-state index in [1.165, 1.54) is 19.5 Å². The third-order valence-electron chi connectivity index (χ3n) is 3.43. The Morgan fingerprint density at radius 2 is 2.12 bits per heavy atom. The Kier molecular flexibility index (Phi) is 4.35. The van der Waals surface area contributed by atoms with Gasteiger partial charge in [-0.05, 0) is 51.1 Å². The summed E-state index contributed by atoms with van der Waals surface area (Å²) in [5.74, 6) is 0. The Morgan fingerprint density at radius 1 is 1.44 bits per heavy atom. The summed E-state index contributed by atoms with van der Waals surface area (Å²) < 4.78 is 0. The van der Waals surface area contributed by atoms with Crippen LogP contribution >= 0.6 is 0 Å². The van der Waals surface area contributed by atoms with E-state index in [-0.39, 0.29) is 0 Å². The molecule has 0 aromatic carbocycles. The Morgan fingerprint density at radius 3 is 2.62 bits per heavy atom. The number of unbranched alkanes of at least 4 members (excludes halogenated alkanes) is 1. The number of hydrogen-bond donors (Lipinski definition) is 1. The predicted octanol–water partition coefficient (Wildman–Crippen LogP) is 2.13. The van der Waals surface area contributed by atoms with Crippen LogP contribution in [0.15, 0.2) is 0 Å². The maximum absolute atomic E-state index is 8.79. The minimum Gasteiger partial charge on any atom is -0.314 e. The summed E-state index contributed by atoms with van der Waals surface area (Å²) in [5.41, 5.74) is 5.64. The third-order valence-corrected chi connectivity index (χ3v) is 3.43. The van der Waals surface area contributed by atoms with E-state index >= 15 is 0 Å². The fourth-order valence-electron chi connectivity index (χ4n) is 2.30. The predicted molar refractivity (Wildman–Crippen MR) is 66.9 cm³/mol. The highest BCUT2D eigenvalue weighted by atomic mass is 15.1. The van der Waals surface area contributed by atoms with Crippen molar-refractivity contribution >= 4 is 0 Å². The summed E-state index contributed by atoms with van der Waals surface area (Å²) in [6.07, 6.45) is 4.32. The molecule has 0 aliphatic carbocycles. The minimum absolute atomic E-state index is 0.495. The molecule has 16 heavy (non-hydrogen) atoms. The normalized spacial score (nSPS) is 23.9. The summed E-state index contributed by atoms with van der Waals surface area (Å²) >= 11 is 0. The summed E-state index contributed by atoms with van der Waals surface area (Å²) in [7, 11) is 0. The largest absolute Gasteiger partial charge is 0.314 e. The zero-order valence-electron chi connectivity index (χ0n) is 10.9. The lowest BCUT2D eigenvalue weighted by Gasteiger charge is -2.20. The molecule has 1 aliphatic heterocycles. The van der Waals surface area contributed by atoms with Gasteiger partial charge in [-0.25, -0.2) is 0 Å². The molecule has 3 nitrogen and oxygen atoms in total. The van der Waals surface area contributed by atoms with Crippen molar-refractivity contribution in [3.8, 4) is 6.07 Å². The molecule has 0 bridgehead atoms. The van der Waals surface area contributed by atoms with Gasteiger partial charge in [0.2, 0.25) is 0 Å². The molecule has 1 atom stereocenters. The average molecular weight is 223 g/mol. The van der Waals surface area contributed by atoms with Crippen molar-refractivity contribution in [3.63, 3.8) is 0 Å². The monoisotopic (exact) mass is 223 g/mol. The fourth-order valence-corrected chi connectivity index (χ4v) is 2.30. The molecule has 1 heterocycles. The van der Waals surface area contributed by atoms with Gasteiger partial charge in [-0.2, -0.15) is 5.26 Å². The number of likely N-dealkylation sites (tertiary alicyclic amines) is 1. The van der Waals surface area contributed by atoms with Gasteiger partial charge in [-0.3, -0.25) is 0 Å². The first-order chi connectivity index (χ1) is 7.35. The van der Waals surface area contributed by atoms with Gasteiger partial charge in [0.25, 0.3) is 0 Å². The van der Waals surface area contributed by atoms with E-state index in [0.29, 0.717) is 5.41 Å². The molecule has 0 spiro atoms. The van der Waals surface area contributed by atoms with E-state index in [4.69, 9.17) is 11.0 Å². The molecule has 1 rings (SSSR count). The van der Waals surface area contributed by atoms with Gasteiger partial charge >= 0.3 is 0 Å². The van der Waals surface area contributed by atoms with Gasteiger partial charge in [-0.1, -0.05) is 13.8 Å². The quantitative estimate of drug-likeness (QED) is 0.726. The molecule has 0 aromatic rings. The van der Waals surface area contributed by atoms with Crippen LogP contribution in [0.1, 0.15) is 46.5 Å². The van der Waals surface area contributed by atoms with E-state index in [1.54, 1.807) is 0 Å². The van der Waals surface area contributed by atoms with Gasteiger partial charge < -0.3 is 10.6 Å². The molecule has 1 aliphatic rings. The third kappa shape index (κ3) is 4.51. The maximum atomic E-state index is 8.79. The van der Waals surface area contributed by atoms with Crippen LogP contribution in [0.25, 0.3) is 0 Å². The summed E-state index contributed by atoms with van der Waals surface area (Å²) in [6, 6.07) is 2.15. The second-order valence-electron chi connectivity index (χ2n) is 6.18. The van der Waals surface area contributed by atoms with Crippen molar-refractivity contribution in [2.24, 2.45) is 11.1 Å². The van der Waals surface area contributed by atoms with E-state index < -0.39 is 5.54 Å². The van der Waals surface area contributed by atoms with Crippen LogP contribution in [0.3, 0.4) is 0 Å². The van der Waals surface area contributed by atoms with Crippen molar-refractivity contribution in [3.05, 3.63) is 0 Å². The highest BCUT2D eigenvalue weighted by molar-refractivity contribution is 5.00. The van der Waals surface area contributed by atoms with E-state index in [9.17, 15) is 0 Å². The summed E-state index contributed by atoms with van der Waals surface area (Å²) in [5, 5.41) is 8.79. The van der Waals surface area contributed by atoms with Crippen LogP contribution < -0.4 is 5.73 Å². The van der Waals surface area contributed by atoms with Gasteiger partial charge in [0.05, 0.1) is 6.07 Å². The smallest absolute Gasteiger partial charge is 0.101 e. The molecule has 1 fully saturated rings. The number of nitriles is 1. The maximum Gasteiger partial charge on any atom is 0.101 e. The standard InChI is InChI=1S/C13H25N3/c1-12(2)7-9-16(11-12)8-5-4-6-13(3,15)10-14/h4-9,11,15H2,1-3H3. The van der Waals surface area contributed by atoms with Crippen LogP contribution in [0, 0.1) is 16.7 Å². The van der Waals surface area contributed by atoms with Crippen molar-refractivity contribution in [1.29, 1.82) is 5.26 Å². The second-order valence-corrected chi connectivity index (χ2v) is 6.18. The number of nitrogens with zero attached hydrogens (tertiary/aromatic N) is 2. The highest BCUT2D eigenvalue weighted by Gasteiger charge is 2.28. The van der Waals surface area contributed by atoms with Crippen molar-refractivity contribution in [1.82, 2.24) is 4.90 Å². The topological polar surface area (TPSA) is 53.1 Å². The molecular weight excluding hydrogens is 198 g/mol. The van der Waals surface area contributed by atoms with Gasteiger partial charge in [0.15, 0.2) is 0 Å². The fraction of sp³-hybridized carbons (Fsp3) is 0.923. The van der Waals surface area contributed by atoms with E-state index in [1.807, 2.05) is 6.92 Å². The Labute approximate surface area is 99.6 Å². The molecular formula is C13H25N3. The van der Waals surface area contributed by atoms with Crippen LogP contribution in [-0.2, 0) is 0 Å². The lowest BCUT2D eigenvalue weighted by atomic mass is 9.93. The molecule has 0 saturated carbocycles. The Balaban J connectivity index is 2.12. The molecule has 3 heteroatoms. The van der Waals surface area contributed by atoms with Gasteiger partial charge in [0.1, 0.15) is 5.54 Å². The SMILES string of the molecule is CC(N)(C#N)CCCCN1CCC(C)(C)C1. The molecule has 0 amide bonds. The van der Waals surface area contributed by atoms with Crippen molar-refractivity contribution < 1.29 is 0 Å². The molecule has 0 radical (unpaired) electrons. The number of hydrogen-bond acceptors (Lipinski definition) is 3. The minimum atomic E-state index is -0.635. The lowest BCUT2D eigenvalue weighted by Crippen LogP contribution is -2.34.